The van der Waals surface area contributed by atoms with E-state index in [4.69, 9.17) is 0 Å². The van der Waals surface area contributed by atoms with Crippen molar-refractivity contribution in [1.82, 2.24) is 6.15 Å². The molecule has 1 nitrogen and oxygen atoms in total. The van der Waals surface area contributed by atoms with Crippen molar-refractivity contribution in [2.24, 2.45) is 0 Å². The molecule has 0 aliphatic rings. The Labute approximate surface area is 153 Å². The quantitative estimate of drug-likeness (QED) is 0.180. The van der Waals surface area contributed by atoms with E-state index in [0.29, 0.717) is 0 Å². The molecule has 142 valence electrons. The first-order valence-corrected chi connectivity index (χ1v) is 21.1. The van der Waals surface area contributed by atoms with Gasteiger partial charge in [-0.05, 0) is 0 Å². The third-order valence-electron chi connectivity index (χ3n) is 4.78. The predicted molar refractivity (Wildman–Crippen MR) is 113 cm³/mol. The third kappa shape index (κ3) is 25.1. The second-order valence-electron chi connectivity index (χ2n) is 8.61. The van der Waals surface area contributed by atoms with Crippen molar-refractivity contribution in [3.8, 4) is 0 Å². The largest absolute Gasteiger partial charge is 0.344 e. The van der Waals surface area contributed by atoms with Crippen molar-refractivity contribution in [2.45, 2.75) is 129 Å². The number of hydrogen-bond donors (Lipinski definition) is 1. The van der Waals surface area contributed by atoms with Gasteiger partial charge in [-0.15, -0.1) is 0 Å². The van der Waals surface area contributed by atoms with E-state index in [9.17, 15) is 0 Å². The summed E-state index contributed by atoms with van der Waals surface area (Å²) in [7, 11) is 0. The van der Waals surface area contributed by atoms with Crippen molar-refractivity contribution in [3.63, 3.8) is 0 Å². The van der Waals surface area contributed by atoms with Crippen molar-refractivity contribution in [1.29, 1.82) is 0 Å². The molecule has 2 heteroatoms. The van der Waals surface area contributed by atoms with Gasteiger partial charge in [0.25, 0.3) is 0 Å². The molecule has 0 saturated carbocycles. The molecule has 0 heterocycles. The fourth-order valence-electron chi connectivity index (χ4n) is 3.20. The zero-order valence-electron chi connectivity index (χ0n) is 17.2. The Morgan fingerprint density at radius 2 is 0.696 bits per heavy atom. The van der Waals surface area contributed by atoms with E-state index in [1.165, 1.54) is 103 Å². The molecule has 0 fully saturated rings. The smallest absolute Gasteiger partial charge is 0.344 e. The van der Waals surface area contributed by atoms with Crippen LogP contribution < -0.4 is 6.15 Å². The summed E-state index contributed by atoms with van der Waals surface area (Å²) in [4.78, 5) is 7.71. The van der Waals surface area contributed by atoms with Crippen LogP contribution in [0.5, 0.6) is 0 Å². The molecule has 0 aromatic carbocycles. The van der Waals surface area contributed by atoms with Crippen LogP contribution in [0, 0.1) is 0 Å². The fraction of sp³-hybridized carbons (Fsp3) is 1.00. The van der Waals surface area contributed by atoms with E-state index in [-0.39, 0.29) is 6.15 Å². The van der Waals surface area contributed by atoms with Gasteiger partial charge in [-0.3, -0.25) is 0 Å². The van der Waals surface area contributed by atoms with Crippen molar-refractivity contribution >= 4 is 18.4 Å². The SMILES string of the molecule is CCCCCCCCCCCCCCCCC[CH2][Sn]([CH3])([CH3])[CH3].N. The minimum atomic E-state index is -1.43. The van der Waals surface area contributed by atoms with Gasteiger partial charge in [0.05, 0.1) is 0 Å². The normalized spacial score (nSPS) is 11.5. The van der Waals surface area contributed by atoms with E-state index in [1.807, 2.05) is 0 Å². The Bertz CT molecular complexity index is 210. The van der Waals surface area contributed by atoms with Crippen LogP contribution in [0.2, 0.25) is 19.3 Å². The second-order valence-corrected chi connectivity index (χ2v) is 24.7. The molecule has 0 unspecified atom stereocenters. The van der Waals surface area contributed by atoms with Gasteiger partial charge in [-0.1, -0.05) is 39.0 Å². The van der Waals surface area contributed by atoms with E-state index >= 15 is 0 Å². The zero-order valence-corrected chi connectivity index (χ0v) is 20.1. The number of hydrogen-bond acceptors (Lipinski definition) is 1. The maximum absolute atomic E-state index is 2.57. The van der Waals surface area contributed by atoms with Gasteiger partial charge in [0.1, 0.15) is 0 Å². The van der Waals surface area contributed by atoms with Crippen molar-refractivity contribution in [2.75, 3.05) is 0 Å². The van der Waals surface area contributed by atoms with Gasteiger partial charge < -0.3 is 6.15 Å². The maximum atomic E-state index is 2.57. The molecule has 0 aliphatic carbocycles. The first-order valence-electron chi connectivity index (χ1n) is 10.6. The molecule has 3 N–H and O–H groups in total. The summed E-state index contributed by atoms with van der Waals surface area (Å²) >= 11 is -1.43. The molecule has 0 aromatic heterocycles. The van der Waals surface area contributed by atoms with E-state index in [2.05, 4.69) is 21.7 Å². The molecule has 0 atom stereocenters. The molecule has 0 aromatic rings. The summed E-state index contributed by atoms with van der Waals surface area (Å²) in [6.07, 6.45) is 23.7. The van der Waals surface area contributed by atoms with Gasteiger partial charge in [-0.2, -0.15) is 0 Å². The van der Waals surface area contributed by atoms with Crippen LogP contribution in [-0.4, -0.2) is 18.4 Å². The van der Waals surface area contributed by atoms with E-state index < -0.39 is 18.4 Å². The number of rotatable bonds is 17. The topological polar surface area (TPSA) is 35.0 Å². The number of unbranched alkanes of at least 4 members (excludes halogenated alkanes) is 15. The average molecular weight is 434 g/mol. The van der Waals surface area contributed by atoms with Gasteiger partial charge in [0.2, 0.25) is 0 Å². The van der Waals surface area contributed by atoms with Crippen LogP contribution in [0.15, 0.2) is 0 Å². The van der Waals surface area contributed by atoms with Crippen LogP contribution >= 0.6 is 0 Å². The van der Waals surface area contributed by atoms with E-state index in [1.54, 1.807) is 4.44 Å². The van der Waals surface area contributed by atoms with Crippen LogP contribution in [0.4, 0.5) is 0 Å². The molecule has 0 bridgehead atoms. The standard InChI is InChI=1S/C18H37.3CH3.H3N.Sn/c1-3-5-7-9-11-13-15-17-18-16-14-12-10-8-6-4-2;;;;;/h1,3-18H2,2H3;4*1H3;. The minimum absolute atomic E-state index is 0. The summed E-state index contributed by atoms with van der Waals surface area (Å²) < 4.78 is 1.60. The summed E-state index contributed by atoms with van der Waals surface area (Å²) in [6.45, 7) is 2.30. The first-order chi connectivity index (χ1) is 10.6. The zero-order chi connectivity index (χ0) is 16.5. The molecule has 0 rings (SSSR count). The van der Waals surface area contributed by atoms with Crippen LogP contribution in [0.25, 0.3) is 0 Å². The Morgan fingerprint density at radius 3 is 0.957 bits per heavy atom. The monoisotopic (exact) mass is 435 g/mol. The third-order valence-corrected chi connectivity index (χ3v) is 10.1. The van der Waals surface area contributed by atoms with E-state index in [0.717, 1.165) is 0 Å². The maximum Gasteiger partial charge on any atom is -0.344 e. The molecule has 0 aliphatic heterocycles. The van der Waals surface area contributed by atoms with Crippen LogP contribution in [0.3, 0.4) is 0 Å². The van der Waals surface area contributed by atoms with Gasteiger partial charge in [0, 0.05) is 0 Å². The molecule has 0 spiro atoms. The Balaban J connectivity index is 0. The van der Waals surface area contributed by atoms with Gasteiger partial charge >= 0.3 is 108 Å². The Hall–Kier alpha value is 0.759. The van der Waals surface area contributed by atoms with Gasteiger partial charge in [0.15, 0.2) is 0 Å². The predicted octanol–water partition coefficient (Wildman–Crippen LogP) is 8.75. The summed E-state index contributed by atoms with van der Waals surface area (Å²) in [6, 6.07) is 0. The summed E-state index contributed by atoms with van der Waals surface area (Å²) in [5.41, 5.74) is 0. The fourth-order valence-corrected chi connectivity index (χ4v) is 6.94. The molecular weight excluding hydrogens is 385 g/mol. The Kier molecular flexibility index (Phi) is 21.6. The average Bonchev–Trinajstić information content (AvgIpc) is 2.45. The van der Waals surface area contributed by atoms with Crippen LogP contribution in [-0.2, 0) is 0 Å². The summed E-state index contributed by atoms with van der Waals surface area (Å²) in [5.74, 6) is 0. The molecule has 0 radical (unpaired) electrons. The molecular formula is C21H49NSn. The molecule has 0 saturated heterocycles. The molecule has 0 amide bonds. The first kappa shape index (κ1) is 26.0. The summed E-state index contributed by atoms with van der Waals surface area (Å²) in [5, 5.41) is 0. The Morgan fingerprint density at radius 1 is 0.435 bits per heavy atom. The van der Waals surface area contributed by atoms with Crippen molar-refractivity contribution in [3.05, 3.63) is 0 Å². The van der Waals surface area contributed by atoms with Gasteiger partial charge in [-0.25, -0.2) is 0 Å². The minimum Gasteiger partial charge on any atom is -0.344 e. The van der Waals surface area contributed by atoms with Crippen LogP contribution in [0.1, 0.15) is 110 Å². The van der Waals surface area contributed by atoms with Crippen molar-refractivity contribution < 1.29 is 0 Å². The second kappa shape index (κ2) is 19.1. The molecule has 23 heavy (non-hydrogen) atoms.